The third-order valence-electron chi connectivity index (χ3n) is 4.99. The zero-order valence-electron chi connectivity index (χ0n) is 16.0. The standard InChI is InChI=1S/C22H20ClN3O3/c1-15-5-7-16(8-6-15)21(27)25-9-11-26(12-10-25)22(28)19-14-20(29-24-19)17-3-2-4-18(23)13-17/h2-8,13-14H,9-12H2,1H3. The Labute approximate surface area is 173 Å². The summed E-state index contributed by atoms with van der Waals surface area (Å²) in [4.78, 5) is 28.9. The second-order valence-electron chi connectivity index (χ2n) is 7.04. The fourth-order valence-corrected chi connectivity index (χ4v) is 3.50. The van der Waals surface area contributed by atoms with Gasteiger partial charge in [0.15, 0.2) is 11.5 Å². The van der Waals surface area contributed by atoms with Gasteiger partial charge >= 0.3 is 0 Å². The van der Waals surface area contributed by atoms with E-state index in [-0.39, 0.29) is 17.5 Å². The van der Waals surface area contributed by atoms with Gasteiger partial charge in [0.1, 0.15) is 0 Å². The number of benzene rings is 2. The minimum absolute atomic E-state index is 0.0122. The summed E-state index contributed by atoms with van der Waals surface area (Å²) in [5, 5.41) is 4.50. The Kier molecular flexibility index (Phi) is 5.36. The molecule has 148 valence electrons. The number of rotatable bonds is 3. The maximum Gasteiger partial charge on any atom is 0.276 e. The molecule has 0 atom stereocenters. The molecule has 6 nitrogen and oxygen atoms in total. The minimum Gasteiger partial charge on any atom is -0.355 e. The molecule has 1 aromatic heterocycles. The molecule has 1 fully saturated rings. The van der Waals surface area contributed by atoms with Crippen molar-refractivity contribution in [2.45, 2.75) is 6.92 Å². The Balaban J connectivity index is 1.39. The Hall–Kier alpha value is -3.12. The predicted octanol–water partition coefficient (Wildman–Crippen LogP) is 3.90. The van der Waals surface area contributed by atoms with Crippen LogP contribution < -0.4 is 0 Å². The van der Waals surface area contributed by atoms with Crippen LogP contribution in [0.4, 0.5) is 0 Å². The Morgan fingerprint density at radius 3 is 2.24 bits per heavy atom. The van der Waals surface area contributed by atoms with Gasteiger partial charge in [-0.25, -0.2) is 0 Å². The fourth-order valence-electron chi connectivity index (χ4n) is 3.31. The van der Waals surface area contributed by atoms with Crippen LogP contribution in [-0.4, -0.2) is 52.9 Å². The lowest BCUT2D eigenvalue weighted by atomic mass is 10.1. The average Bonchev–Trinajstić information content (AvgIpc) is 3.24. The first-order valence-electron chi connectivity index (χ1n) is 9.39. The molecule has 0 N–H and O–H groups in total. The van der Waals surface area contributed by atoms with Crippen molar-refractivity contribution < 1.29 is 14.1 Å². The number of amides is 2. The Morgan fingerprint density at radius 1 is 0.931 bits per heavy atom. The lowest BCUT2D eigenvalue weighted by Gasteiger charge is -2.34. The van der Waals surface area contributed by atoms with Crippen LogP contribution in [0.25, 0.3) is 11.3 Å². The maximum absolute atomic E-state index is 12.8. The van der Waals surface area contributed by atoms with Crippen molar-refractivity contribution in [3.8, 4) is 11.3 Å². The van der Waals surface area contributed by atoms with E-state index in [4.69, 9.17) is 16.1 Å². The van der Waals surface area contributed by atoms with Crippen LogP contribution in [0.3, 0.4) is 0 Å². The second kappa shape index (κ2) is 8.09. The van der Waals surface area contributed by atoms with Gasteiger partial charge in [-0.3, -0.25) is 9.59 Å². The molecule has 1 aliphatic heterocycles. The molecule has 0 aliphatic carbocycles. The number of carbonyl (C=O) groups is 2. The van der Waals surface area contributed by atoms with E-state index in [1.807, 2.05) is 43.3 Å². The first kappa shape index (κ1) is 19.2. The maximum atomic E-state index is 12.8. The van der Waals surface area contributed by atoms with Crippen LogP contribution in [-0.2, 0) is 0 Å². The highest BCUT2D eigenvalue weighted by molar-refractivity contribution is 6.30. The SMILES string of the molecule is Cc1ccc(C(=O)N2CCN(C(=O)c3cc(-c4cccc(Cl)c4)on3)CC2)cc1. The van der Waals surface area contributed by atoms with Crippen molar-refractivity contribution in [3.63, 3.8) is 0 Å². The van der Waals surface area contributed by atoms with Crippen LogP contribution in [0, 0.1) is 6.92 Å². The molecule has 1 saturated heterocycles. The van der Waals surface area contributed by atoms with Crippen molar-refractivity contribution in [3.05, 3.63) is 76.4 Å². The van der Waals surface area contributed by atoms with E-state index in [1.165, 1.54) is 0 Å². The van der Waals surface area contributed by atoms with Crippen LogP contribution in [0.2, 0.25) is 5.02 Å². The summed E-state index contributed by atoms with van der Waals surface area (Å²) in [6.45, 7) is 3.86. The lowest BCUT2D eigenvalue weighted by Crippen LogP contribution is -2.50. The van der Waals surface area contributed by atoms with Gasteiger partial charge in [-0.1, -0.05) is 46.6 Å². The predicted molar refractivity (Wildman–Crippen MR) is 110 cm³/mol. The zero-order chi connectivity index (χ0) is 20.4. The molecule has 0 spiro atoms. The van der Waals surface area contributed by atoms with Crippen LogP contribution in [0.1, 0.15) is 26.4 Å². The van der Waals surface area contributed by atoms with Crippen molar-refractivity contribution in [1.29, 1.82) is 0 Å². The van der Waals surface area contributed by atoms with Crippen LogP contribution in [0.5, 0.6) is 0 Å². The summed E-state index contributed by atoms with van der Waals surface area (Å²) in [6, 6.07) is 16.3. The molecule has 7 heteroatoms. The van der Waals surface area contributed by atoms with E-state index in [0.29, 0.717) is 42.5 Å². The molecule has 2 amide bonds. The summed E-state index contributed by atoms with van der Waals surface area (Å²) in [5.74, 6) is 0.273. The van der Waals surface area contributed by atoms with Gasteiger partial charge in [0.05, 0.1) is 0 Å². The number of hydrogen-bond donors (Lipinski definition) is 0. The van der Waals surface area contributed by atoms with Crippen LogP contribution >= 0.6 is 11.6 Å². The Bertz CT molecular complexity index is 1040. The summed E-state index contributed by atoms with van der Waals surface area (Å²) in [7, 11) is 0. The van der Waals surface area contributed by atoms with E-state index in [0.717, 1.165) is 11.1 Å². The van der Waals surface area contributed by atoms with E-state index < -0.39 is 0 Å². The van der Waals surface area contributed by atoms with Crippen molar-refractivity contribution in [2.75, 3.05) is 26.2 Å². The van der Waals surface area contributed by atoms with Gasteiger partial charge in [0.25, 0.3) is 11.8 Å². The van der Waals surface area contributed by atoms with Crippen molar-refractivity contribution in [1.82, 2.24) is 15.0 Å². The number of halogens is 1. The summed E-state index contributed by atoms with van der Waals surface area (Å²) in [5.41, 5.74) is 2.79. The first-order valence-corrected chi connectivity index (χ1v) is 9.77. The van der Waals surface area contributed by atoms with Gasteiger partial charge in [-0.05, 0) is 31.2 Å². The van der Waals surface area contributed by atoms with E-state index in [9.17, 15) is 9.59 Å². The second-order valence-corrected chi connectivity index (χ2v) is 7.47. The summed E-state index contributed by atoms with van der Waals surface area (Å²) in [6.07, 6.45) is 0. The Morgan fingerprint density at radius 2 is 1.59 bits per heavy atom. The molecule has 1 aliphatic rings. The largest absolute Gasteiger partial charge is 0.355 e. The van der Waals surface area contributed by atoms with Gasteiger partial charge in [0, 0.05) is 48.4 Å². The quantitative estimate of drug-likeness (QED) is 0.658. The van der Waals surface area contributed by atoms with Crippen LogP contribution in [0.15, 0.2) is 59.1 Å². The normalized spacial score (nSPS) is 14.1. The number of aryl methyl sites for hydroxylation is 1. The molecule has 0 radical (unpaired) electrons. The van der Waals surface area contributed by atoms with Gasteiger partial charge < -0.3 is 14.3 Å². The zero-order valence-corrected chi connectivity index (χ0v) is 16.7. The number of aromatic nitrogens is 1. The van der Waals surface area contributed by atoms with Crippen molar-refractivity contribution in [2.24, 2.45) is 0 Å². The monoisotopic (exact) mass is 409 g/mol. The number of piperazine rings is 1. The highest BCUT2D eigenvalue weighted by Gasteiger charge is 2.27. The molecule has 0 unspecified atom stereocenters. The minimum atomic E-state index is -0.204. The molecule has 4 rings (SSSR count). The number of carbonyl (C=O) groups excluding carboxylic acids is 2. The smallest absolute Gasteiger partial charge is 0.276 e. The van der Waals surface area contributed by atoms with E-state index in [1.54, 1.807) is 28.0 Å². The molecular formula is C22H20ClN3O3. The van der Waals surface area contributed by atoms with Crippen molar-refractivity contribution >= 4 is 23.4 Å². The molecular weight excluding hydrogens is 390 g/mol. The first-order chi connectivity index (χ1) is 14.0. The molecule has 2 heterocycles. The van der Waals surface area contributed by atoms with Gasteiger partial charge in [0.2, 0.25) is 0 Å². The molecule has 3 aromatic rings. The average molecular weight is 410 g/mol. The van der Waals surface area contributed by atoms with Gasteiger partial charge in [-0.2, -0.15) is 0 Å². The third kappa shape index (κ3) is 4.17. The van der Waals surface area contributed by atoms with E-state index in [2.05, 4.69) is 5.16 Å². The molecule has 29 heavy (non-hydrogen) atoms. The topological polar surface area (TPSA) is 66.7 Å². The molecule has 0 bridgehead atoms. The summed E-state index contributed by atoms with van der Waals surface area (Å²) >= 11 is 6.01. The summed E-state index contributed by atoms with van der Waals surface area (Å²) < 4.78 is 5.32. The fraction of sp³-hybridized carbons (Fsp3) is 0.227. The number of hydrogen-bond acceptors (Lipinski definition) is 4. The molecule has 2 aromatic carbocycles. The highest BCUT2D eigenvalue weighted by atomic mass is 35.5. The third-order valence-corrected chi connectivity index (χ3v) is 5.23. The van der Waals surface area contributed by atoms with E-state index >= 15 is 0 Å². The highest BCUT2D eigenvalue weighted by Crippen LogP contribution is 2.24. The lowest BCUT2D eigenvalue weighted by molar-refractivity contribution is 0.0530. The molecule has 0 saturated carbocycles. The van der Waals surface area contributed by atoms with Gasteiger partial charge in [-0.15, -0.1) is 0 Å². The number of nitrogens with zero attached hydrogens (tertiary/aromatic N) is 3.